The maximum atomic E-state index is 5.72. The lowest BCUT2D eigenvalue weighted by atomic mass is 9.64. The summed E-state index contributed by atoms with van der Waals surface area (Å²) in [5.41, 5.74) is 3.46. The Morgan fingerprint density at radius 3 is 2.79 bits per heavy atom. The molecule has 0 radical (unpaired) electrons. The van der Waals surface area contributed by atoms with Crippen LogP contribution in [0.5, 0.6) is 0 Å². The van der Waals surface area contributed by atoms with Gasteiger partial charge in [0.2, 0.25) is 5.95 Å². The SMILES string of the molecule is CCOC1CC(Nc2cc(C)nc(NN)n2)C1(C)C. The number of hydrazine groups is 1. The van der Waals surface area contributed by atoms with Crippen molar-refractivity contribution >= 4 is 11.8 Å². The maximum absolute atomic E-state index is 5.72. The monoisotopic (exact) mass is 265 g/mol. The van der Waals surface area contributed by atoms with Crippen LogP contribution in [0.1, 0.15) is 32.9 Å². The third-order valence-corrected chi connectivity index (χ3v) is 3.85. The van der Waals surface area contributed by atoms with Gasteiger partial charge in [0, 0.05) is 29.8 Å². The number of nitrogens with one attached hydrogen (secondary N) is 2. The van der Waals surface area contributed by atoms with Crippen LogP contribution in [0.15, 0.2) is 6.07 Å². The summed E-state index contributed by atoms with van der Waals surface area (Å²) in [4.78, 5) is 8.48. The molecule has 2 atom stereocenters. The predicted molar refractivity (Wildman–Crippen MR) is 75.8 cm³/mol. The van der Waals surface area contributed by atoms with Gasteiger partial charge in [0.1, 0.15) is 5.82 Å². The molecule has 19 heavy (non-hydrogen) atoms. The van der Waals surface area contributed by atoms with E-state index >= 15 is 0 Å². The Balaban J connectivity index is 2.05. The second kappa shape index (κ2) is 5.30. The first-order chi connectivity index (χ1) is 8.97. The summed E-state index contributed by atoms with van der Waals surface area (Å²) in [6.07, 6.45) is 1.31. The highest BCUT2D eigenvalue weighted by atomic mass is 16.5. The summed E-state index contributed by atoms with van der Waals surface area (Å²) in [6.45, 7) is 9.14. The average Bonchev–Trinajstić information content (AvgIpc) is 2.37. The van der Waals surface area contributed by atoms with Crippen molar-refractivity contribution in [2.24, 2.45) is 11.3 Å². The Labute approximate surface area is 114 Å². The second-order valence-corrected chi connectivity index (χ2v) is 5.56. The molecule has 1 aromatic heterocycles. The molecule has 6 heteroatoms. The minimum Gasteiger partial charge on any atom is -0.378 e. The molecule has 0 saturated heterocycles. The Morgan fingerprint density at radius 2 is 2.21 bits per heavy atom. The second-order valence-electron chi connectivity index (χ2n) is 5.56. The average molecular weight is 265 g/mol. The molecule has 0 bridgehead atoms. The van der Waals surface area contributed by atoms with Gasteiger partial charge in [-0.2, -0.15) is 4.98 Å². The van der Waals surface area contributed by atoms with E-state index in [1.807, 2.05) is 19.9 Å². The number of rotatable bonds is 5. The Hall–Kier alpha value is -1.40. The van der Waals surface area contributed by atoms with Crippen LogP contribution in [-0.4, -0.2) is 28.7 Å². The minimum absolute atomic E-state index is 0.102. The van der Waals surface area contributed by atoms with Crippen molar-refractivity contribution in [1.29, 1.82) is 0 Å². The lowest BCUT2D eigenvalue weighted by Crippen LogP contribution is -2.58. The van der Waals surface area contributed by atoms with Crippen LogP contribution in [0.25, 0.3) is 0 Å². The van der Waals surface area contributed by atoms with E-state index in [1.54, 1.807) is 0 Å². The van der Waals surface area contributed by atoms with Gasteiger partial charge in [-0.15, -0.1) is 0 Å². The smallest absolute Gasteiger partial charge is 0.239 e. The topological polar surface area (TPSA) is 85.1 Å². The number of nitrogens with zero attached hydrogens (tertiary/aromatic N) is 2. The van der Waals surface area contributed by atoms with Gasteiger partial charge in [0.25, 0.3) is 0 Å². The van der Waals surface area contributed by atoms with Crippen LogP contribution in [-0.2, 0) is 4.74 Å². The number of ether oxygens (including phenoxy) is 1. The van der Waals surface area contributed by atoms with Gasteiger partial charge in [0.05, 0.1) is 6.10 Å². The molecule has 1 heterocycles. The van der Waals surface area contributed by atoms with Crippen molar-refractivity contribution in [3.63, 3.8) is 0 Å². The van der Waals surface area contributed by atoms with Crippen molar-refractivity contribution in [3.8, 4) is 0 Å². The van der Waals surface area contributed by atoms with E-state index in [9.17, 15) is 0 Å². The molecule has 1 aliphatic carbocycles. The van der Waals surface area contributed by atoms with Crippen molar-refractivity contribution in [2.45, 2.75) is 46.3 Å². The molecule has 1 saturated carbocycles. The van der Waals surface area contributed by atoms with Crippen LogP contribution < -0.4 is 16.6 Å². The fourth-order valence-corrected chi connectivity index (χ4v) is 2.50. The Kier molecular flexibility index (Phi) is 3.91. The summed E-state index contributed by atoms with van der Waals surface area (Å²) in [6, 6.07) is 2.27. The Morgan fingerprint density at radius 1 is 1.47 bits per heavy atom. The highest BCUT2D eigenvalue weighted by Gasteiger charge is 2.49. The molecule has 1 fully saturated rings. The molecule has 1 aromatic rings. The van der Waals surface area contributed by atoms with E-state index in [0.717, 1.165) is 24.5 Å². The zero-order valence-electron chi connectivity index (χ0n) is 12.0. The molecule has 0 spiro atoms. The van der Waals surface area contributed by atoms with E-state index in [4.69, 9.17) is 10.6 Å². The Bertz CT molecular complexity index is 449. The summed E-state index contributed by atoms with van der Waals surface area (Å²) < 4.78 is 5.72. The number of hydrogen-bond donors (Lipinski definition) is 3. The molecule has 2 unspecified atom stereocenters. The van der Waals surface area contributed by atoms with Gasteiger partial charge in [-0.25, -0.2) is 10.8 Å². The molecular weight excluding hydrogens is 242 g/mol. The van der Waals surface area contributed by atoms with E-state index in [2.05, 4.69) is 34.6 Å². The van der Waals surface area contributed by atoms with Gasteiger partial charge in [-0.05, 0) is 20.3 Å². The molecular formula is C13H23N5O. The van der Waals surface area contributed by atoms with Crippen LogP contribution in [0, 0.1) is 12.3 Å². The van der Waals surface area contributed by atoms with E-state index in [1.165, 1.54) is 0 Å². The zero-order valence-corrected chi connectivity index (χ0v) is 12.0. The summed E-state index contributed by atoms with van der Waals surface area (Å²) >= 11 is 0. The fourth-order valence-electron chi connectivity index (χ4n) is 2.50. The number of nitrogen functional groups attached to an aromatic ring is 1. The molecule has 4 N–H and O–H groups in total. The van der Waals surface area contributed by atoms with Gasteiger partial charge in [-0.3, -0.25) is 5.43 Å². The van der Waals surface area contributed by atoms with Crippen molar-refractivity contribution < 1.29 is 4.74 Å². The lowest BCUT2D eigenvalue weighted by molar-refractivity contribution is -0.0976. The zero-order chi connectivity index (χ0) is 14.0. The summed E-state index contributed by atoms with van der Waals surface area (Å²) in [5, 5.41) is 3.45. The highest BCUT2D eigenvalue weighted by molar-refractivity contribution is 5.43. The van der Waals surface area contributed by atoms with Crippen LogP contribution >= 0.6 is 0 Å². The third kappa shape index (κ3) is 2.79. The number of aryl methyl sites for hydroxylation is 1. The van der Waals surface area contributed by atoms with Crippen molar-refractivity contribution in [3.05, 3.63) is 11.8 Å². The molecule has 6 nitrogen and oxygen atoms in total. The largest absolute Gasteiger partial charge is 0.378 e. The first-order valence-electron chi connectivity index (χ1n) is 6.67. The number of hydrogen-bond acceptors (Lipinski definition) is 6. The van der Waals surface area contributed by atoms with Crippen molar-refractivity contribution in [1.82, 2.24) is 9.97 Å². The van der Waals surface area contributed by atoms with Crippen LogP contribution in [0.3, 0.4) is 0 Å². The van der Waals surface area contributed by atoms with Crippen molar-refractivity contribution in [2.75, 3.05) is 17.3 Å². The quantitative estimate of drug-likeness (QED) is 0.555. The molecule has 2 rings (SSSR count). The van der Waals surface area contributed by atoms with Gasteiger partial charge in [0.15, 0.2) is 0 Å². The normalized spacial score (nSPS) is 24.7. The molecule has 106 valence electrons. The standard InChI is InChI=1S/C13H23N5O/c1-5-19-10-7-9(13(10,3)4)16-11-6-8(2)15-12(17-11)18-14/h6,9-10H,5,7,14H2,1-4H3,(H2,15,16,17,18). The summed E-state index contributed by atoms with van der Waals surface area (Å²) in [7, 11) is 0. The highest BCUT2D eigenvalue weighted by Crippen LogP contribution is 2.44. The maximum Gasteiger partial charge on any atom is 0.239 e. The van der Waals surface area contributed by atoms with Gasteiger partial charge < -0.3 is 10.1 Å². The third-order valence-electron chi connectivity index (χ3n) is 3.85. The van der Waals surface area contributed by atoms with E-state index < -0.39 is 0 Å². The van der Waals surface area contributed by atoms with Crippen LogP contribution in [0.2, 0.25) is 0 Å². The number of anilines is 2. The van der Waals surface area contributed by atoms with E-state index in [-0.39, 0.29) is 5.41 Å². The number of aromatic nitrogens is 2. The fraction of sp³-hybridized carbons (Fsp3) is 0.692. The first-order valence-corrected chi connectivity index (χ1v) is 6.67. The van der Waals surface area contributed by atoms with E-state index in [0.29, 0.717) is 18.1 Å². The summed E-state index contributed by atoms with van der Waals surface area (Å²) in [5.74, 6) is 6.59. The van der Waals surface area contributed by atoms with Gasteiger partial charge >= 0.3 is 0 Å². The minimum atomic E-state index is 0.102. The molecule has 0 amide bonds. The molecule has 0 aliphatic heterocycles. The number of nitrogens with two attached hydrogens (primary N) is 1. The molecule has 0 aromatic carbocycles. The molecule has 1 aliphatic rings. The van der Waals surface area contributed by atoms with Gasteiger partial charge in [-0.1, -0.05) is 13.8 Å². The lowest BCUT2D eigenvalue weighted by Gasteiger charge is -2.51. The predicted octanol–water partition coefficient (Wildman–Crippen LogP) is 1.69. The van der Waals surface area contributed by atoms with Crippen LogP contribution in [0.4, 0.5) is 11.8 Å². The first kappa shape index (κ1) is 14.0.